The fourth-order valence-corrected chi connectivity index (χ4v) is 3.64. The number of carboxylic acids is 1. The van der Waals surface area contributed by atoms with Gasteiger partial charge in [0, 0.05) is 0 Å². The quantitative estimate of drug-likeness (QED) is 0.671. The topological polar surface area (TPSA) is 57.5 Å². The van der Waals surface area contributed by atoms with Crippen molar-refractivity contribution in [2.75, 3.05) is 0 Å². The first-order valence-electron chi connectivity index (χ1n) is 5.23. The van der Waals surface area contributed by atoms with Crippen molar-refractivity contribution in [2.45, 2.75) is 39.7 Å². The van der Waals surface area contributed by atoms with Crippen molar-refractivity contribution < 1.29 is 15.0 Å². The molecule has 2 unspecified atom stereocenters. The molecule has 0 aliphatic heterocycles. The van der Waals surface area contributed by atoms with Gasteiger partial charge in [0.05, 0.1) is 12.0 Å². The highest BCUT2D eigenvalue weighted by Crippen LogP contribution is 2.67. The Morgan fingerprint density at radius 3 is 2.21 bits per heavy atom. The Hall–Kier alpha value is -0.570. The summed E-state index contributed by atoms with van der Waals surface area (Å²) < 4.78 is 0. The van der Waals surface area contributed by atoms with Gasteiger partial charge >= 0.3 is 5.97 Å². The van der Waals surface area contributed by atoms with Gasteiger partial charge in [0.1, 0.15) is 0 Å². The zero-order valence-electron chi connectivity index (χ0n) is 8.95. The van der Waals surface area contributed by atoms with E-state index in [1.807, 2.05) is 6.92 Å². The predicted octanol–water partition coefficient (Wildman–Crippen LogP) is 1.50. The molecule has 0 heterocycles. The van der Waals surface area contributed by atoms with E-state index in [0.717, 1.165) is 12.8 Å². The van der Waals surface area contributed by atoms with Gasteiger partial charge in [-0.15, -0.1) is 0 Å². The van der Waals surface area contributed by atoms with Crippen molar-refractivity contribution in [2.24, 2.45) is 22.7 Å². The summed E-state index contributed by atoms with van der Waals surface area (Å²) in [6.45, 7) is 6.22. The molecule has 2 saturated carbocycles. The minimum atomic E-state index is -0.834. The van der Waals surface area contributed by atoms with E-state index in [-0.39, 0.29) is 16.7 Å². The van der Waals surface area contributed by atoms with Crippen LogP contribution < -0.4 is 0 Å². The minimum Gasteiger partial charge on any atom is -0.481 e. The minimum absolute atomic E-state index is 0.0462. The summed E-state index contributed by atoms with van der Waals surface area (Å²) in [7, 11) is 0. The molecule has 2 aliphatic carbocycles. The van der Waals surface area contributed by atoms with Crippen LogP contribution in [-0.2, 0) is 4.79 Å². The van der Waals surface area contributed by atoms with E-state index in [9.17, 15) is 9.90 Å². The molecule has 2 N–H and O–H groups in total. The van der Waals surface area contributed by atoms with Crippen LogP contribution in [0.25, 0.3) is 0 Å². The highest BCUT2D eigenvalue weighted by atomic mass is 16.4. The summed E-state index contributed by atoms with van der Waals surface area (Å²) in [4.78, 5) is 11.1. The van der Waals surface area contributed by atoms with Crippen LogP contribution in [0.2, 0.25) is 0 Å². The third kappa shape index (κ3) is 0.842. The van der Waals surface area contributed by atoms with Gasteiger partial charge in [-0.1, -0.05) is 20.8 Å². The van der Waals surface area contributed by atoms with Crippen LogP contribution in [0.4, 0.5) is 0 Å². The fraction of sp³-hybridized carbons (Fsp3) is 0.909. The second-order valence-corrected chi connectivity index (χ2v) is 5.59. The van der Waals surface area contributed by atoms with Crippen molar-refractivity contribution in [3.63, 3.8) is 0 Å². The lowest BCUT2D eigenvalue weighted by atomic mass is 9.70. The first-order valence-corrected chi connectivity index (χ1v) is 5.23. The van der Waals surface area contributed by atoms with Gasteiger partial charge in [-0.3, -0.25) is 4.79 Å². The van der Waals surface area contributed by atoms with Crippen LogP contribution in [0.15, 0.2) is 0 Å². The zero-order valence-corrected chi connectivity index (χ0v) is 8.95. The lowest BCUT2D eigenvalue weighted by Crippen LogP contribution is -2.39. The zero-order chi connectivity index (χ0) is 10.7. The number of aliphatic carboxylic acids is 1. The van der Waals surface area contributed by atoms with Gasteiger partial charge in [-0.25, -0.2) is 0 Å². The molecule has 14 heavy (non-hydrogen) atoms. The molecule has 3 heteroatoms. The maximum Gasteiger partial charge on any atom is 0.309 e. The van der Waals surface area contributed by atoms with Gasteiger partial charge < -0.3 is 10.2 Å². The van der Waals surface area contributed by atoms with Gasteiger partial charge in [-0.05, 0) is 29.6 Å². The number of carboxylic acid groups (broad SMARTS) is 1. The van der Waals surface area contributed by atoms with E-state index in [1.165, 1.54) is 0 Å². The van der Waals surface area contributed by atoms with E-state index >= 15 is 0 Å². The monoisotopic (exact) mass is 198 g/mol. The van der Waals surface area contributed by atoms with Gasteiger partial charge in [-0.2, -0.15) is 0 Å². The van der Waals surface area contributed by atoms with Crippen molar-refractivity contribution in [1.29, 1.82) is 0 Å². The van der Waals surface area contributed by atoms with Crippen molar-refractivity contribution in [3.05, 3.63) is 0 Å². The SMILES string of the molecule is CC1(C)C2CCC1(C)[C@@H](O)[C@@H]2C(=O)O. The Morgan fingerprint density at radius 2 is 1.93 bits per heavy atom. The molecular formula is C11H18O3. The molecule has 0 aromatic carbocycles. The predicted molar refractivity (Wildman–Crippen MR) is 51.7 cm³/mol. The maximum absolute atomic E-state index is 11.1. The standard InChI is InChI=1S/C11H18O3/c1-10(2)6-4-5-11(10,3)8(12)7(6)9(13)14/h6-8,12H,4-5H2,1-3H3,(H,13,14)/t6?,7-,8+,11?/m1/s1. The van der Waals surface area contributed by atoms with Crippen LogP contribution in [-0.4, -0.2) is 22.3 Å². The molecule has 2 bridgehead atoms. The Balaban J connectivity index is 2.44. The summed E-state index contributed by atoms with van der Waals surface area (Å²) in [5.41, 5.74) is -0.254. The Labute approximate surface area is 84.1 Å². The van der Waals surface area contributed by atoms with Crippen LogP contribution in [0.1, 0.15) is 33.6 Å². The Morgan fingerprint density at radius 1 is 1.36 bits per heavy atom. The summed E-state index contributed by atoms with van der Waals surface area (Å²) in [5, 5.41) is 19.2. The molecule has 0 amide bonds. The van der Waals surface area contributed by atoms with Crippen LogP contribution >= 0.6 is 0 Å². The molecular weight excluding hydrogens is 180 g/mol. The Bertz CT molecular complexity index is 284. The average Bonchev–Trinajstić information content (AvgIpc) is 2.35. The third-order valence-corrected chi connectivity index (χ3v) is 5.09. The lowest BCUT2D eigenvalue weighted by molar-refractivity contribution is -0.149. The molecule has 0 aromatic rings. The molecule has 2 fully saturated rings. The number of fused-ring (bicyclic) bond motifs is 2. The number of carbonyl (C=O) groups is 1. The van der Waals surface area contributed by atoms with E-state index in [4.69, 9.17) is 5.11 Å². The molecule has 0 spiro atoms. The number of aliphatic hydroxyl groups excluding tert-OH is 1. The first kappa shape index (κ1) is 9.97. The summed E-state index contributed by atoms with van der Waals surface area (Å²) >= 11 is 0. The molecule has 0 aromatic heterocycles. The second-order valence-electron chi connectivity index (χ2n) is 5.59. The van der Waals surface area contributed by atoms with E-state index in [0.29, 0.717) is 0 Å². The Kier molecular flexibility index (Phi) is 1.79. The maximum atomic E-state index is 11.1. The van der Waals surface area contributed by atoms with Gasteiger partial charge in [0.25, 0.3) is 0 Å². The van der Waals surface area contributed by atoms with Crippen LogP contribution in [0, 0.1) is 22.7 Å². The first-order chi connectivity index (χ1) is 6.32. The molecule has 2 aliphatic rings. The molecule has 4 atom stereocenters. The fourth-order valence-electron chi connectivity index (χ4n) is 3.64. The van der Waals surface area contributed by atoms with Crippen molar-refractivity contribution in [3.8, 4) is 0 Å². The largest absolute Gasteiger partial charge is 0.481 e. The second kappa shape index (κ2) is 2.51. The molecule has 3 nitrogen and oxygen atoms in total. The van der Waals surface area contributed by atoms with Gasteiger partial charge in [0.15, 0.2) is 0 Å². The lowest BCUT2D eigenvalue weighted by Gasteiger charge is -2.36. The smallest absolute Gasteiger partial charge is 0.309 e. The van der Waals surface area contributed by atoms with E-state index < -0.39 is 18.0 Å². The summed E-state index contributed by atoms with van der Waals surface area (Å²) in [6, 6.07) is 0. The molecule has 2 rings (SSSR count). The number of aliphatic hydroxyl groups is 1. The van der Waals surface area contributed by atoms with Crippen molar-refractivity contribution >= 4 is 5.97 Å². The molecule has 0 radical (unpaired) electrons. The van der Waals surface area contributed by atoms with Crippen LogP contribution in [0.3, 0.4) is 0 Å². The highest BCUT2D eigenvalue weighted by molar-refractivity contribution is 5.72. The third-order valence-electron chi connectivity index (χ3n) is 5.09. The highest BCUT2D eigenvalue weighted by Gasteiger charge is 2.67. The summed E-state index contributed by atoms with van der Waals surface area (Å²) in [5.74, 6) is -1.25. The average molecular weight is 198 g/mol. The number of rotatable bonds is 1. The van der Waals surface area contributed by atoms with Crippen LogP contribution in [0.5, 0.6) is 0 Å². The van der Waals surface area contributed by atoms with E-state index in [1.54, 1.807) is 0 Å². The normalized spacial score (nSPS) is 49.6. The number of hydrogen-bond acceptors (Lipinski definition) is 2. The van der Waals surface area contributed by atoms with Crippen molar-refractivity contribution in [1.82, 2.24) is 0 Å². The van der Waals surface area contributed by atoms with E-state index in [2.05, 4.69) is 13.8 Å². The van der Waals surface area contributed by atoms with Gasteiger partial charge in [0.2, 0.25) is 0 Å². The molecule has 0 saturated heterocycles. The molecule has 80 valence electrons. The summed E-state index contributed by atoms with van der Waals surface area (Å²) in [6.07, 6.45) is 1.22. The number of hydrogen-bond donors (Lipinski definition) is 2.